The molecule has 0 saturated heterocycles. The second-order valence-electron chi connectivity index (χ2n) is 4.36. The van der Waals surface area contributed by atoms with Gasteiger partial charge in [-0.1, -0.05) is 0 Å². The van der Waals surface area contributed by atoms with Gasteiger partial charge in [0.2, 0.25) is 0 Å². The Hall–Kier alpha value is -2.20. The highest BCUT2D eigenvalue weighted by atomic mass is 32.2. The molecule has 0 aliphatic carbocycles. The SMILES string of the molecule is O=C(O)C1Cc2nc[nH]c2CN1S(=O)(=O)c1ccn[nH]1. The van der Waals surface area contributed by atoms with Crippen molar-refractivity contribution < 1.29 is 18.3 Å². The molecule has 0 radical (unpaired) electrons. The number of aliphatic carboxylic acids is 1. The molecule has 0 aromatic carbocycles. The summed E-state index contributed by atoms with van der Waals surface area (Å²) in [5.41, 5.74) is 1.18. The van der Waals surface area contributed by atoms with Gasteiger partial charge in [0.15, 0.2) is 5.03 Å². The van der Waals surface area contributed by atoms with Crippen LogP contribution in [0.4, 0.5) is 0 Å². The molecular formula is C10H11N5O4S. The molecule has 3 rings (SSSR count). The zero-order valence-corrected chi connectivity index (χ0v) is 11.0. The highest BCUT2D eigenvalue weighted by molar-refractivity contribution is 7.89. The Balaban J connectivity index is 2.05. The minimum absolute atomic E-state index is 0.0293. The Kier molecular flexibility index (Phi) is 2.83. The average molecular weight is 297 g/mol. The summed E-state index contributed by atoms with van der Waals surface area (Å²) in [6, 6.07) is 0.107. The number of imidazole rings is 1. The molecular weight excluding hydrogens is 286 g/mol. The Bertz CT molecular complexity index is 736. The number of rotatable bonds is 3. The van der Waals surface area contributed by atoms with Crippen molar-refractivity contribution in [1.82, 2.24) is 24.5 Å². The predicted molar refractivity (Wildman–Crippen MR) is 65.0 cm³/mol. The highest BCUT2D eigenvalue weighted by Gasteiger charge is 2.41. The van der Waals surface area contributed by atoms with E-state index < -0.39 is 22.0 Å². The summed E-state index contributed by atoms with van der Waals surface area (Å²) in [6.07, 6.45) is 2.76. The molecule has 0 spiro atoms. The van der Waals surface area contributed by atoms with Crippen LogP contribution in [0.15, 0.2) is 23.6 Å². The van der Waals surface area contributed by atoms with Crippen LogP contribution in [0.3, 0.4) is 0 Å². The molecule has 10 heteroatoms. The minimum Gasteiger partial charge on any atom is -0.480 e. The molecule has 3 heterocycles. The second-order valence-corrected chi connectivity index (χ2v) is 6.22. The molecule has 0 fully saturated rings. The van der Waals surface area contributed by atoms with E-state index in [1.165, 1.54) is 18.6 Å². The third kappa shape index (κ3) is 1.89. The molecule has 3 N–H and O–H groups in total. The molecule has 2 aromatic heterocycles. The number of hydrogen-bond donors (Lipinski definition) is 3. The molecule has 1 aliphatic heterocycles. The monoisotopic (exact) mass is 297 g/mol. The standard InChI is InChI=1S/C10H11N5O4S/c16-10(17)8-3-6-7(12-5-11-6)4-15(8)20(18,19)9-1-2-13-14-9/h1-2,5,8H,3-4H2,(H,11,12)(H,13,14)(H,16,17). The number of fused-ring (bicyclic) bond motifs is 1. The Morgan fingerprint density at radius 2 is 2.30 bits per heavy atom. The summed E-state index contributed by atoms with van der Waals surface area (Å²) in [4.78, 5) is 18.2. The fraction of sp³-hybridized carbons (Fsp3) is 0.300. The molecule has 20 heavy (non-hydrogen) atoms. The smallest absolute Gasteiger partial charge is 0.322 e. The van der Waals surface area contributed by atoms with E-state index in [1.807, 2.05) is 0 Å². The van der Waals surface area contributed by atoms with Crippen LogP contribution in [-0.4, -0.2) is 50.0 Å². The molecule has 1 atom stereocenters. The second kappa shape index (κ2) is 4.42. The topological polar surface area (TPSA) is 132 Å². The lowest BCUT2D eigenvalue weighted by atomic mass is 10.1. The van der Waals surface area contributed by atoms with Gasteiger partial charge in [-0.15, -0.1) is 0 Å². The zero-order chi connectivity index (χ0) is 14.3. The first-order chi connectivity index (χ1) is 9.50. The lowest BCUT2D eigenvalue weighted by Gasteiger charge is -2.30. The fourth-order valence-electron chi connectivity index (χ4n) is 2.19. The van der Waals surface area contributed by atoms with Gasteiger partial charge in [-0.3, -0.25) is 9.89 Å². The number of nitrogens with one attached hydrogen (secondary N) is 2. The molecule has 0 bridgehead atoms. The van der Waals surface area contributed by atoms with Crippen LogP contribution in [0, 0.1) is 0 Å². The summed E-state index contributed by atoms with van der Waals surface area (Å²) in [5, 5.41) is 15.1. The maximum atomic E-state index is 12.5. The Labute approximate surface area is 113 Å². The normalized spacial score (nSPS) is 19.7. The lowest BCUT2D eigenvalue weighted by Crippen LogP contribution is -2.48. The largest absolute Gasteiger partial charge is 0.480 e. The quantitative estimate of drug-likeness (QED) is 0.688. The Morgan fingerprint density at radius 3 is 2.95 bits per heavy atom. The highest BCUT2D eigenvalue weighted by Crippen LogP contribution is 2.26. The van der Waals surface area contributed by atoms with Gasteiger partial charge in [0.05, 0.1) is 30.5 Å². The van der Waals surface area contributed by atoms with E-state index in [2.05, 4.69) is 20.2 Å². The van der Waals surface area contributed by atoms with Gasteiger partial charge in [-0.25, -0.2) is 13.4 Å². The van der Waals surface area contributed by atoms with Gasteiger partial charge in [-0.05, 0) is 6.07 Å². The van der Waals surface area contributed by atoms with Crippen molar-refractivity contribution in [1.29, 1.82) is 0 Å². The number of carboxylic acids is 1. The summed E-state index contributed by atoms with van der Waals surface area (Å²) < 4.78 is 25.8. The van der Waals surface area contributed by atoms with Crippen molar-refractivity contribution in [3.8, 4) is 0 Å². The van der Waals surface area contributed by atoms with Crippen molar-refractivity contribution in [2.24, 2.45) is 0 Å². The first kappa shape index (κ1) is 12.8. The number of sulfonamides is 1. The van der Waals surface area contributed by atoms with Gasteiger partial charge in [0.25, 0.3) is 10.0 Å². The molecule has 1 aliphatic rings. The molecule has 9 nitrogen and oxygen atoms in total. The van der Waals surface area contributed by atoms with Crippen LogP contribution in [0.25, 0.3) is 0 Å². The number of carbonyl (C=O) groups is 1. The maximum Gasteiger partial charge on any atom is 0.322 e. The van der Waals surface area contributed by atoms with Gasteiger partial charge in [0.1, 0.15) is 6.04 Å². The van der Waals surface area contributed by atoms with E-state index in [4.69, 9.17) is 0 Å². The van der Waals surface area contributed by atoms with E-state index in [1.54, 1.807) is 0 Å². The number of nitrogens with zero attached hydrogens (tertiary/aromatic N) is 3. The fourth-order valence-corrected chi connectivity index (χ4v) is 3.64. The third-order valence-electron chi connectivity index (χ3n) is 3.20. The van der Waals surface area contributed by atoms with Crippen LogP contribution < -0.4 is 0 Å². The third-order valence-corrected chi connectivity index (χ3v) is 4.99. The van der Waals surface area contributed by atoms with Crippen LogP contribution in [-0.2, 0) is 27.8 Å². The maximum absolute atomic E-state index is 12.5. The minimum atomic E-state index is -3.95. The summed E-state index contributed by atoms with van der Waals surface area (Å²) in [7, 11) is -3.95. The number of carboxylic acid groups (broad SMARTS) is 1. The van der Waals surface area contributed by atoms with Crippen molar-refractivity contribution >= 4 is 16.0 Å². The van der Waals surface area contributed by atoms with Gasteiger partial charge in [-0.2, -0.15) is 9.40 Å². The first-order valence-electron chi connectivity index (χ1n) is 5.75. The zero-order valence-electron chi connectivity index (χ0n) is 10.1. The van der Waals surface area contributed by atoms with Gasteiger partial charge >= 0.3 is 5.97 Å². The number of aromatic amines is 2. The van der Waals surface area contributed by atoms with Crippen molar-refractivity contribution in [3.63, 3.8) is 0 Å². The van der Waals surface area contributed by atoms with E-state index in [-0.39, 0.29) is 18.0 Å². The summed E-state index contributed by atoms with van der Waals surface area (Å²) in [5.74, 6) is -1.21. The number of aromatic nitrogens is 4. The van der Waals surface area contributed by atoms with Crippen LogP contribution >= 0.6 is 0 Å². The molecule has 106 valence electrons. The Morgan fingerprint density at radius 1 is 1.50 bits per heavy atom. The van der Waals surface area contributed by atoms with Crippen LogP contribution in [0.1, 0.15) is 11.4 Å². The number of hydrogen-bond acceptors (Lipinski definition) is 5. The van der Waals surface area contributed by atoms with Crippen molar-refractivity contribution in [3.05, 3.63) is 30.0 Å². The van der Waals surface area contributed by atoms with Gasteiger partial charge < -0.3 is 10.1 Å². The van der Waals surface area contributed by atoms with Gasteiger partial charge in [0, 0.05) is 6.42 Å². The van der Waals surface area contributed by atoms with E-state index in [0.717, 1.165) is 4.31 Å². The molecule has 0 saturated carbocycles. The van der Waals surface area contributed by atoms with Crippen LogP contribution in [0.5, 0.6) is 0 Å². The lowest BCUT2D eigenvalue weighted by molar-refractivity contribution is -0.141. The van der Waals surface area contributed by atoms with E-state index >= 15 is 0 Å². The summed E-state index contributed by atoms with van der Waals surface area (Å²) in [6.45, 7) is -0.0619. The predicted octanol–water partition coefficient (Wildman–Crippen LogP) is -0.667. The molecule has 2 aromatic rings. The van der Waals surface area contributed by atoms with Crippen molar-refractivity contribution in [2.75, 3.05) is 0 Å². The number of H-pyrrole nitrogens is 2. The molecule has 1 unspecified atom stereocenters. The van der Waals surface area contributed by atoms with Crippen molar-refractivity contribution in [2.45, 2.75) is 24.0 Å². The molecule has 0 amide bonds. The van der Waals surface area contributed by atoms with E-state index in [9.17, 15) is 18.3 Å². The summed E-state index contributed by atoms with van der Waals surface area (Å²) >= 11 is 0. The van der Waals surface area contributed by atoms with Crippen LogP contribution in [0.2, 0.25) is 0 Å². The first-order valence-corrected chi connectivity index (χ1v) is 7.19. The van der Waals surface area contributed by atoms with E-state index in [0.29, 0.717) is 11.4 Å². The average Bonchev–Trinajstić information content (AvgIpc) is 3.08.